The van der Waals surface area contributed by atoms with Crippen LogP contribution in [-0.4, -0.2) is 64.7 Å². The highest BCUT2D eigenvalue weighted by molar-refractivity contribution is 5.87. The summed E-state index contributed by atoms with van der Waals surface area (Å²) in [6.45, 7) is -1.70. The predicted molar refractivity (Wildman–Crippen MR) is 57.0 cm³/mol. The van der Waals surface area contributed by atoms with Gasteiger partial charge in [-0.25, -0.2) is 9.59 Å². The molecule has 10 heteroatoms. The average molecular weight is 262 g/mol. The van der Waals surface area contributed by atoms with Crippen molar-refractivity contribution < 1.29 is 29.4 Å². The molecule has 0 fully saturated rings. The lowest BCUT2D eigenvalue weighted by molar-refractivity contribution is -0.146. The van der Waals surface area contributed by atoms with E-state index in [1.807, 2.05) is 5.32 Å². The first-order chi connectivity index (χ1) is 8.23. The molecule has 0 saturated carbocycles. The zero-order chi connectivity index (χ0) is 14.3. The van der Waals surface area contributed by atoms with Crippen LogP contribution >= 0.6 is 0 Å². The monoisotopic (exact) mass is 262 g/mol. The number of aliphatic hydroxyl groups excluding tert-OH is 1. The number of rotatable bonds is 7. The smallest absolute Gasteiger partial charge is 0.334 e. The number of carboxylic acids is 1. The van der Waals surface area contributed by atoms with Gasteiger partial charge >= 0.3 is 12.0 Å². The largest absolute Gasteiger partial charge is 0.479 e. The molecule has 0 aliphatic rings. The fraction of sp³-hybridized carbons (Fsp3) is 0.500. The molecule has 0 aliphatic heterocycles. The van der Waals surface area contributed by atoms with Gasteiger partial charge in [0.25, 0.3) is 0 Å². The van der Waals surface area contributed by atoms with Gasteiger partial charge < -0.3 is 31.9 Å². The molecule has 0 spiro atoms. The van der Waals surface area contributed by atoms with Gasteiger partial charge in [-0.05, 0) is 0 Å². The van der Waals surface area contributed by atoms with Crippen LogP contribution in [0, 0.1) is 0 Å². The van der Waals surface area contributed by atoms with Crippen molar-refractivity contribution in [3.05, 3.63) is 0 Å². The second-order valence-electron chi connectivity index (χ2n) is 3.33. The molecule has 102 valence electrons. The van der Waals surface area contributed by atoms with E-state index in [2.05, 4.69) is 0 Å². The van der Waals surface area contributed by atoms with Gasteiger partial charge in [0.1, 0.15) is 13.1 Å². The van der Waals surface area contributed by atoms with Crippen molar-refractivity contribution in [2.75, 3.05) is 19.6 Å². The van der Waals surface area contributed by atoms with E-state index in [9.17, 15) is 19.2 Å². The normalized spacial score (nSPS) is 11.4. The Morgan fingerprint density at radius 1 is 1.11 bits per heavy atom. The quantitative estimate of drug-likeness (QED) is 0.316. The molecule has 1 unspecified atom stereocenters. The van der Waals surface area contributed by atoms with Crippen LogP contribution in [0.3, 0.4) is 0 Å². The van der Waals surface area contributed by atoms with Gasteiger partial charge in [-0.15, -0.1) is 0 Å². The summed E-state index contributed by atoms with van der Waals surface area (Å²) in [7, 11) is 0. The predicted octanol–water partition coefficient (Wildman–Crippen LogP) is -3.59. The van der Waals surface area contributed by atoms with Gasteiger partial charge in [0.05, 0.1) is 6.54 Å². The third-order valence-electron chi connectivity index (χ3n) is 1.71. The summed E-state index contributed by atoms with van der Waals surface area (Å²) in [5.41, 5.74) is 9.71. The maximum atomic E-state index is 11.4. The van der Waals surface area contributed by atoms with Crippen molar-refractivity contribution in [3.63, 3.8) is 0 Å². The van der Waals surface area contributed by atoms with Crippen molar-refractivity contribution in [1.29, 1.82) is 0 Å². The Morgan fingerprint density at radius 2 is 1.56 bits per heavy atom. The van der Waals surface area contributed by atoms with Gasteiger partial charge in [-0.3, -0.25) is 9.59 Å². The van der Waals surface area contributed by atoms with Crippen molar-refractivity contribution in [2.24, 2.45) is 11.5 Å². The number of nitrogens with zero attached hydrogens (tertiary/aromatic N) is 1. The highest BCUT2D eigenvalue weighted by atomic mass is 16.4. The van der Waals surface area contributed by atoms with Crippen LogP contribution in [0.2, 0.25) is 0 Å². The number of hydrogen-bond acceptors (Lipinski definition) is 5. The molecule has 0 aromatic rings. The lowest BCUT2D eigenvalue weighted by Crippen LogP contribution is -2.49. The van der Waals surface area contributed by atoms with Crippen LogP contribution in [-0.2, 0) is 14.4 Å². The molecule has 1 atom stereocenters. The Kier molecular flexibility index (Phi) is 6.14. The highest BCUT2D eigenvalue weighted by Gasteiger charge is 2.20. The number of nitrogens with one attached hydrogen (secondary N) is 1. The number of urea groups is 1. The summed E-state index contributed by atoms with van der Waals surface area (Å²) in [6, 6.07) is -0.937. The number of aliphatic carboxylic acids is 1. The second-order valence-corrected chi connectivity index (χ2v) is 3.33. The van der Waals surface area contributed by atoms with Gasteiger partial charge in [0.2, 0.25) is 11.8 Å². The lowest BCUT2D eigenvalue weighted by Gasteiger charge is -2.20. The van der Waals surface area contributed by atoms with Crippen LogP contribution in [0.25, 0.3) is 0 Å². The van der Waals surface area contributed by atoms with Crippen LogP contribution in [0.4, 0.5) is 4.79 Å². The fourth-order valence-corrected chi connectivity index (χ4v) is 0.959. The molecule has 4 amide bonds. The Bertz CT molecular complexity index is 341. The van der Waals surface area contributed by atoms with E-state index in [1.54, 1.807) is 0 Å². The van der Waals surface area contributed by atoms with E-state index in [4.69, 9.17) is 21.7 Å². The molecular weight excluding hydrogens is 248 g/mol. The number of carbonyl (C=O) groups is 4. The van der Waals surface area contributed by atoms with Crippen LogP contribution in [0.5, 0.6) is 0 Å². The Balaban J connectivity index is 4.41. The van der Waals surface area contributed by atoms with E-state index in [0.29, 0.717) is 4.90 Å². The SMILES string of the molecule is NC(=O)CN(CC(N)=O)C(=O)NCC(O)C(=O)O. The molecule has 0 aliphatic carbocycles. The summed E-state index contributed by atoms with van der Waals surface area (Å²) in [4.78, 5) is 43.7. The number of amides is 4. The first-order valence-corrected chi connectivity index (χ1v) is 4.74. The summed E-state index contributed by atoms with van der Waals surface area (Å²) in [5, 5.41) is 19.3. The molecule has 10 nitrogen and oxygen atoms in total. The zero-order valence-electron chi connectivity index (χ0n) is 9.33. The maximum absolute atomic E-state index is 11.4. The van der Waals surface area contributed by atoms with Gasteiger partial charge in [-0.1, -0.05) is 0 Å². The molecular formula is C8H14N4O6. The van der Waals surface area contributed by atoms with Gasteiger partial charge in [-0.2, -0.15) is 0 Å². The van der Waals surface area contributed by atoms with E-state index in [1.165, 1.54) is 0 Å². The molecule has 0 radical (unpaired) electrons. The van der Waals surface area contributed by atoms with Crippen LogP contribution in [0.15, 0.2) is 0 Å². The molecule has 0 bridgehead atoms. The van der Waals surface area contributed by atoms with Crippen molar-refractivity contribution in [2.45, 2.75) is 6.10 Å². The van der Waals surface area contributed by atoms with Gasteiger partial charge in [0, 0.05) is 0 Å². The second kappa shape index (κ2) is 7.06. The van der Waals surface area contributed by atoms with Crippen molar-refractivity contribution in [1.82, 2.24) is 10.2 Å². The standard InChI is InChI=1S/C8H14N4O6/c9-5(14)2-12(3-6(10)15)8(18)11-1-4(13)7(16)17/h4,13H,1-3H2,(H2,9,14)(H2,10,15)(H,11,18)(H,16,17). The number of carboxylic acid groups (broad SMARTS) is 1. The Hall–Kier alpha value is -2.36. The summed E-state index contributed by atoms with van der Waals surface area (Å²) in [5.74, 6) is -3.26. The van der Waals surface area contributed by atoms with Crippen LogP contribution in [0.1, 0.15) is 0 Å². The zero-order valence-corrected chi connectivity index (χ0v) is 9.33. The molecule has 0 rings (SSSR count). The lowest BCUT2D eigenvalue weighted by atomic mass is 10.3. The topological polar surface area (TPSA) is 176 Å². The summed E-state index contributed by atoms with van der Waals surface area (Å²) >= 11 is 0. The fourth-order valence-electron chi connectivity index (χ4n) is 0.959. The Morgan fingerprint density at radius 3 is 1.89 bits per heavy atom. The van der Waals surface area contributed by atoms with E-state index in [0.717, 1.165) is 0 Å². The molecule has 0 aromatic carbocycles. The Labute approximate surface area is 102 Å². The highest BCUT2D eigenvalue weighted by Crippen LogP contribution is 1.90. The molecule has 0 aromatic heterocycles. The van der Waals surface area contributed by atoms with E-state index in [-0.39, 0.29) is 0 Å². The summed E-state index contributed by atoms with van der Waals surface area (Å²) < 4.78 is 0. The third-order valence-corrected chi connectivity index (χ3v) is 1.71. The molecule has 0 saturated heterocycles. The summed E-state index contributed by atoms with van der Waals surface area (Å²) in [6.07, 6.45) is -1.79. The number of carbonyl (C=O) groups excluding carboxylic acids is 3. The third kappa shape index (κ3) is 6.27. The first-order valence-electron chi connectivity index (χ1n) is 4.74. The van der Waals surface area contributed by atoms with E-state index < -0.39 is 49.6 Å². The number of primary amides is 2. The number of nitrogens with two attached hydrogens (primary N) is 2. The van der Waals surface area contributed by atoms with Crippen LogP contribution < -0.4 is 16.8 Å². The minimum Gasteiger partial charge on any atom is -0.479 e. The first kappa shape index (κ1) is 15.6. The van der Waals surface area contributed by atoms with Crippen molar-refractivity contribution >= 4 is 23.8 Å². The van der Waals surface area contributed by atoms with E-state index >= 15 is 0 Å². The van der Waals surface area contributed by atoms with Crippen molar-refractivity contribution in [3.8, 4) is 0 Å². The van der Waals surface area contributed by atoms with Gasteiger partial charge in [0.15, 0.2) is 6.10 Å². The average Bonchev–Trinajstić information content (AvgIpc) is 2.22. The maximum Gasteiger partial charge on any atom is 0.334 e. The number of aliphatic hydroxyl groups is 1. The molecule has 18 heavy (non-hydrogen) atoms. The molecule has 7 N–H and O–H groups in total. The molecule has 0 heterocycles. The minimum atomic E-state index is -1.79. The minimum absolute atomic E-state index is 0.558. The number of hydrogen-bond donors (Lipinski definition) is 5.